The predicted octanol–water partition coefficient (Wildman–Crippen LogP) is 2.67. The number of nitrogens with one attached hydrogen (secondary N) is 1. The zero-order chi connectivity index (χ0) is 13.9. The van der Waals surface area contributed by atoms with Crippen LogP contribution in [0.3, 0.4) is 0 Å². The maximum absolute atomic E-state index is 13.3. The number of halogens is 2. The Kier molecular flexibility index (Phi) is 4.40. The number of amides is 1. The Labute approximate surface area is 105 Å². The van der Waals surface area contributed by atoms with E-state index in [1.165, 1.54) is 12.1 Å². The normalized spacial score (nSPS) is 13.2. The van der Waals surface area contributed by atoms with Crippen LogP contribution in [-0.4, -0.2) is 11.9 Å². The van der Waals surface area contributed by atoms with Gasteiger partial charge >= 0.3 is 0 Å². The third kappa shape index (κ3) is 3.77. The van der Waals surface area contributed by atoms with Crippen LogP contribution in [0.4, 0.5) is 14.5 Å². The summed E-state index contributed by atoms with van der Waals surface area (Å²) in [5.74, 6) is -2.48. The fourth-order valence-corrected chi connectivity index (χ4v) is 1.31. The van der Waals surface area contributed by atoms with E-state index < -0.39 is 17.5 Å². The van der Waals surface area contributed by atoms with Crippen LogP contribution in [0.2, 0.25) is 0 Å². The van der Waals surface area contributed by atoms with Crippen molar-refractivity contribution in [2.24, 2.45) is 11.1 Å². The minimum Gasteiger partial charge on any atom is -0.327 e. The summed E-state index contributed by atoms with van der Waals surface area (Å²) in [6.45, 7) is 5.73. The molecule has 0 fully saturated rings. The van der Waals surface area contributed by atoms with Gasteiger partial charge in [-0.2, -0.15) is 0 Å². The van der Waals surface area contributed by atoms with Crippen molar-refractivity contribution < 1.29 is 13.6 Å². The Hall–Kier alpha value is -1.49. The molecule has 0 aliphatic rings. The molecule has 1 aromatic carbocycles. The summed E-state index contributed by atoms with van der Waals surface area (Å²) in [5, 5.41) is 2.32. The number of hydrogen-bond acceptors (Lipinski definition) is 2. The van der Waals surface area contributed by atoms with E-state index in [2.05, 4.69) is 5.32 Å². The lowest BCUT2D eigenvalue weighted by Gasteiger charge is -2.26. The SMILES string of the molecule is CC(C)(C)C(N)CC(=O)Nc1cccc(F)c1F. The molecule has 3 nitrogen and oxygen atoms in total. The Morgan fingerprint density at radius 1 is 1.39 bits per heavy atom. The van der Waals surface area contributed by atoms with E-state index in [1.54, 1.807) is 0 Å². The van der Waals surface area contributed by atoms with Gasteiger partial charge in [0, 0.05) is 12.5 Å². The number of nitrogens with two attached hydrogens (primary N) is 1. The van der Waals surface area contributed by atoms with E-state index in [0.717, 1.165) is 6.07 Å². The average molecular weight is 256 g/mol. The molecule has 0 bridgehead atoms. The fraction of sp³-hybridized carbons (Fsp3) is 0.462. The van der Waals surface area contributed by atoms with E-state index in [4.69, 9.17) is 5.73 Å². The molecule has 1 amide bonds. The van der Waals surface area contributed by atoms with Crippen LogP contribution in [0.5, 0.6) is 0 Å². The summed E-state index contributed by atoms with van der Waals surface area (Å²) in [6.07, 6.45) is 0.0550. The van der Waals surface area contributed by atoms with Crippen molar-refractivity contribution in [1.82, 2.24) is 0 Å². The second kappa shape index (κ2) is 5.44. The van der Waals surface area contributed by atoms with Gasteiger partial charge in [-0.3, -0.25) is 4.79 Å². The molecule has 0 heterocycles. The van der Waals surface area contributed by atoms with E-state index >= 15 is 0 Å². The largest absolute Gasteiger partial charge is 0.327 e. The lowest BCUT2D eigenvalue weighted by Crippen LogP contribution is -2.38. The van der Waals surface area contributed by atoms with E-state index in [1.807, 2.05) is 20.8 Å². The molecule has 1 atom stereocenters. The van der Waals surface area contributed by atoms with Gasteiger partial charge in [0.25, 0.3) is 0 Å². The number of hydrogen-bond donors (Lipinski definition) is 2. The van der Waals surface area contributed by atoms with Gasteiger partial charge in [-0.05, 0) is 17.5 Å². The number of benzene rings is 1. The van der Waals surface area contributed by atoms with Gasteiger partial charge in [0.2, 0.25) is 5.91 Å². The zero-order valence-electron chi connectivity index (χ0n) is 10.8. The van der Waals surface area contributed by atoms with Crippen molar-refractivity contribution in [2.45, 2.75) is 33.2 Å². The first-order valence-electron chi connectivity index (χ1n) is 5.71. The molecule has 1 aromatic rings. The minimum absolute atomic E-state index is 0.0550. The molecule has 0 spiro atoms. The molecule has 3 N–H and O–H groups in total. The lowest BCUT2D eigenvalue weighted by molar-refractivity contribution is -0.117. The lowest BCUT2D eigenvalue weighted by atomic mass is 9.85. The number of carbonyl (C=O) groups is 1. The first-order chi connectivity index (χ1) is 8.21. The zero-order valence-corrected chi connectivity index (χ0v) is 10.8. The highest BCUT2D eigenvalue weighted by atomic mass is 19.2. The maximum Gasteiger partial charge on any atom is 0.226 e. The van der Waals surface area contributed by atoms with Gasteiger partial charge in [0.15, 0.2) is 11.6 Å². The molecule has 100 valence electrons. The Bertz CT molecular complexity index is 441. The van der Waals surface area contributed by atoms with Crippen LogP contribution < -0.4 is 11.1 Å². The van der Waals surface area contributed by atoms with E-state index in [0.29, 0.717) is 0 Å². The summed E-state index contributed by atoms with van der Waals surface area (Å²) in [7, 11) is 0. The van der Waals surface area contributed by atoms with Crippen molar-refractivity contribution in [3.63, 3.8) is 0 Å². The molecule has 0 aliphatic heterocycles. The van der Waals surface area contributed by atoms with Gasteiger partial charge < -0.3 is 11.1 Å². The van der Waals surface area contributed by atoms with Crippen molar-refractivity contribution >= 4 is 11.6 Å². The molecule has 0 saturated carbocycles. The van der Waals surface area contributed by atoms with Gasteiger partial charge in [-0.25, -0.2) is 8.78 Å². The van der Waals surface area contributed by atoms with Crippen LogP contribution in [0.15, 0.2) is 18.2 Å². The van der Waals surface area contributed by atoms with Crippen LogP contribution in [0.1, 0.15) is 27.2 Å². The summed E-state index contributed by atoms with van der Waals surface area (Å²) in [5.41, 5.74) is 5.45. The first kappa shape index (κ1) is 14.6. The van der Waals surface area contributed by atoms with Gasteiger partial charge in [-0.1, -0.05) is 26.8 Å². The van der Waals surface area contributed by atoms with Gasteiger partial charge in [0.1, 0.15) is 0 Å². The third-order valence-electron chi connectivity index (χ3n) is 2.74. The highest BCUT2D eigenvalue weighted by molar-refractivity contribution is 5.91. The molecule has 1 unspecified atom stereocenters. The van der Waals surface area contributed by atoms with Crippen molar-refractivity contribution in [1.29, 1.82) is 0 Å². The molecule has 0 aromatic heterocycles. The second-order valence-electron chi connectivity index (χ2n) is 5.33. The van der Waals surface area contributed by atoms with Crippen LogP contribution in [-0.2, 0) is 4.79 Å². The standard InChI is InChI=1S/C13H18F2N2O/c1-13(2,3)10(16)7-11(18)17-9-6-4-5-8(14)12(9)15/h4-6,10H,7,16H2,1-3H3,(H,17,18). The molecular formula is C13H18F2N2O. The minimum atomic E-state index is -1.06. The highest BCUT2D eigenvalue weighted by Crippen LogP contribution is 2.21. The van der Waals surface area contributed by atoms with Crippen molar-refractivity contribution in [2.75, 3.05) is 5.32 Å². The monoisotopic (exact) mass is 256 g/mol. The molecule has 0 radical (unpaired) electrons. The third-order valence-corrected chi connectivity index (χ3v) is 2.74. The molecule has 0 saturated heterocycles. The van der Waals surface area contributed by atoms with Crippen molar-refractivity contribution in [3.05, 3.63) is 29.8 Å². The summed E-state index contributed by atoms with van der Waals surface area (Å²) < 4.78 is 26.2. The average Bonchev–Trinajstić information content (AvgIpc) is 2.23. The second-order valence-corrected chi connectivity index (χ2v) is 5.33. The summed E-state index contributed by atoms with van der Waals surface area (Å²) in [4.78, 5) is 11.7. The molecule has 0 aliphatic carbocycles. The van der Waals surface area contributed by atoms with Crippen LogP contribution in [0.25, 0.3) is 0 Å². The maximum atomic E-state index is 13.3. The van der Waals surface area contributed by atoms with Crippen LogP contribution in [0, 0.1) is 17.0 Å². The summed E-state index contributed by atoms with van der Waals surface area (Å²) >= 11 is 0. The molecule has 1 rings (SSSR count). The molecule has 5 heteroatoms. The Balaban J connectivity index is 2.69. The first-order valence-corrected chi connectivity index (χ1v) is 5.71. The predicted molar refractivity (Wildman–Crippen MR) is 67.0 cm³/mol. The van der Waals surface area contributed by atoms with E-state index in [-0.39, 0.29) is 23.6 Å². The van der Waals surface area contributed by atoms with Crippen LogP contribution >= 0.6 is 0 Å². The smallest absolute Gasteiger partial charge is 0.226 e. The fourth-order valence-electron chi connectivity index (χ4n) is 1.31. The number of carbonyl (C=O) groups excluding carboxylic acids is 1. The summed E-state index contributed by atoms with van der Waals surface area (Å²) in [6, 6.07) is 3.27. The van der Waals surface area contributed by atoms with E-state index in [9.17, 15) is 13.6 Å². The Morgan fingerprint density at radius 2 is 2.00 bits per heavy atom. The van der Waals surface area contributed by atoms with Gasteiger partial charge in [-0.15, -0.1) is 0 Å². The number of rotatable bonds is 3. The molecular weight excluding hydrogens is 238 g/mol. The Morgan fingerprint density at radius 3 is 2.56 bits per heavy atom. The van der Waals surface area contributed by atoms with Gasteiger partial charge in [0.05, 0.1) is 5.69 Å². The number of anilines is 1. The quantitative estimate of drug-likeness (QED) is 0.873. The highest BCUT2D eigenvalue weighted by Gasteiger charge is 2.23. The molecule has 18 heavy (non-hydrogen) atoms. The topological polar surface area (TPSA) is 55.1 Å². The van der Waals surface area contributed by atoms with Crippen molar-refractivity contribution in [3.8, 4) is 0 Å².